The number of carbonyl (C=O) groups is 2. The van der Waals surface area contributed by atoms with Gasteiger partial charge in [0.15, 0.2) is 0 Å². The zero-order valence-electron chi connectivity index (χ0n) is 10.8. The molecule has 0 saturated heterocycles. The van der Waals surface area contributed by atoms with E-state index in [1.807, 2.05) is 0 Å². The second-order valence-electron chi connectivity index (χ2n) is 4.26. The largest absolute Gasteiger partial charge is 0.478 e. The summed E-state index contributed by atoms with van der Waals surface area (Å²) in [6.45, 7) is 2.10. The Labute approximate surface area is 107 Å². The molecule has 0 radical (unpaired) electrons. The molecule has 0 atom stereocenters. The normalized spacial score (nSPS) is 10.1. The molecule has 4 heteroatoms. The van der Waals surface area contributed by atoms with Gasteiger partial charge in [-0.05, 0) is 30.7 Å². The van der Waals surface area contributed by atoms with E-state index in [-0.39, 0.29) is 11.5 Å². The fourth-order valence-electron chi connectivity index (χ4n) is 1.67. The van der Waals surface area contributed by atoms with Crippen LogP contribution in [0.3, 0.4) is 0 Å². The van der Waals surface area contributed by atoms with Gasteiger partial charge in [0.25, 0.3) is 0 Å². The van der Waals surface area contributed by atoms with Gasteiger partial charge in [-0.1, -0.05) is 19.8 Å². The Bertz CT molecular complexity index is 412. The second kappa shape index (κ2) is 6.79. The molecule has 4 nitrogen and oxygen atoms in total. The van der Waals surface area contributed by atoms with Crippen LogP contribution in [0.25, 0.3) is 0 Å². The molecule has 0 unspecified atom stereocenters. The zero-order chi connectivity index (χ0) is 13.5. The molecule has 1 aromatic carbocycles. The monoisotopic (exact) mass is 249 g/mol. The highest BCUT2D eigenvalue weighted by atomic mass is 16.4. The van der Waals surface area contributed by atoms with E-state index in [1.165, 1.54) is 12.1 Å². The Balaban J connectivity index is 2.63. The van der Waals surface area contributed by atoms with Gasteiger partial charge in [0.05, 0.1) is 5.56 Å². The Morgan fingerprint density at radius 1 is 1.17 bits per heavy atom. The minimum atomic E-state index is -0.960. The Kier molecular flexibility index (Phi) is 5.36. The maximum atomic E-state index is 11.8. The van der Waals surface area contributed by atoms with Crippen molar-refractivity contribution in [1.82, 2.24) is 0 Å². The maximum Gasteiger partial charge on any atom is 0.335 e. The molecule has 0 spiro atoms. The highest BCUT2D eigenvalue weighted by Gasteiger charge is 2.11. The molecule has 0 heterocycles. The van der Waals surface area contributed by atoms with E-state index in [9.17, 15) is 9.59 Å². The minimum Gasteiger partial charge on any atom is -0.478 e. The number of carbonyl (C=O) groups excluding carboxylic acids is 1. The summed E-state index contributed by atoms with van der Waals surface area (Å²) in [7, 11) is 1.71. The summed E-state index contributed by atoms with van der Waals surface area (Å²) in [4.78, 5) is 24.1. The molecule has 0 fully saturated rings. The summed E-state index contributed by atoms with van der Waals surface area (Å²) in [5.74, 6) is -0.898. The first-order valence-corrected chi connectivity index (χ1v) is 6.16. The van der Waals surface area contributed by atoms with Gasteiger partial charge in [-0.3, -0.25) is 4.79 Å². The first-order valence-electron chi connectivity index (χ1n) is 6.16. The summed E-state index contributed by atoms with van der Waals surface area (Å²) < 4.78 is 0. The lowest BCUT2D eigenvalue weighted by atomic mass is 10.1. The summed E-state index contributed by atoms with van der Waals surface area (Å²) in [6.07, 6.45) is 3.57. The van der Waals surface area contributed by atoms with Gasteiger partial charge in [-0.15, -0.1) is 0 Å². The molecule has 1 aromatic rings. The standard InChI is InChI=1S/C14H19NO3/c1-3-4-5-6-13(16)15(2)12-9-7-11(8-10-12)14(17)18/h7-10H,3-6H2,1-2H3,(H,17,18). The number of unbranched alkanes of at least 4 members (excludes halogenated alkanes) is 2. The van der Waals surface area contributed by atoms with Crippen LogP contribution in [0.1, 0.15) is 43.0 Å². The fourth-order valence-corrected chi connectivity index (χ4v) is 1.67. The number of carboxylic acid groups (broad SMARTS) is 1. The lowest BCUT2D eigenvalue weighted by Crippen LogP contribution is -2.25. The molecule has 0 aliphatic carbocycles. The molecule has 98 valence electrons. The third-order valence-electron chi connectivity index (χ3n) is 2.87. The summed E-state index contributed by atoms with van der Waals surface area (Å²) in [5.41, 5.74) is 0.951. The minimum absolute atomic E-state index is 0.0616. The lowest BCUT2D eigenvalue weighted by Gasteiger charge is -2.17. The van der Waals surface area contributed by atoms with Gasteiger partial charge < -0.3 is 10.0 Å². The van der Waals surface area contributed by atoms with Gasteiger partial charge in [0, 0.05) is 19.2 Å². The van der Waals surface area contributed by atoms with Gasteiger partial charge in [0.1, 0.15) is 0 Å². The number of nitrogens with zero attached hydrogens (tertiary/aromatic N) is 1. The van der Waals surface area contributed by atoms with Crippen molar-refractivity contribution in [2.24, 2.45) is 0 Å². The van der Waals surface area contributed by atoms with E-state index in [1.54, 1.807) is 24.1 Å². The number of benzene rings is 1. The summed E-state index contributed by atoms with van der Waals surface area (Å²) in [5, 5.41) is 8.79. The van der Waals surface area contributed by atoms with Gasteiger partial charge in [-0.2, -0.15) is 0 Å². The second-order valence-corrected chi connectivity index (χ2v) is 4.26. The van der Waals surface area contributed by atoms with E-state index >= 15 is 0 Å². The highest BCUT2D eigenvalue weighted by molar-refractivity contribution is 5.94. The number of hydrogen-bond acceptors (Lipinski definition) is 2. The SMILES string of the molecule is CCCCCC(=O)N(C)c1ccc(C(=O)O)cc1. The van der Waals surface area contributed by atoms with Crippen molar-refractivity contribution < 1.29 is 14.7 Å². The molecule has 1 N–H and O–H groups in total. The number of anilines is 1. The number of hydrogen-bond donors (Lipinski definition) is 1. The first-order chi connectivity index (χ1) is 8.56. The van der Waals surface area contributed by atoms with Crippen molar-refractivity contribution >= 4 is 17.6 Å². The number of amides is 1. The van der Waals surface area contributed by atoms with Crippen LogP contribution in [-0.2, 0) is 4.79 Å². The van der Waals surface area contributed by atoms with Crippen LogP contribution in [0.2, 0.25) is 0 Å². The van der Waals surface area contributed by atoms with Crippen LogP contribution in [0.5, 0.6) is 0 Å². The number of rotatable bonds is 6. The van der Waals surface area contributed by atoms with E-state index in [0.717, 1.165) is 24.9 Å². The van der Waals surface area contributed by atoms with Gasteiger partial charge in [0.2, 0.25) is 5.91 Å². The Hall–Kier alpha value is -1.84. The van der Waals surface area contributed by atoms with Crippen molar-refractivity contribution in [3.05, 3.63) is 29.8 Å². The van der Waals surface area contributed by atoms with E-state index < -0.39 is 5.97 Å². The average molecular weight is 249 g/mol. The molecular weight excluding hydrogens is 230 g/mol. The first kappa shape index (κ1) is 14.2. The average Bonchev–Trinajstić information content (AvgIpc) is 2.38. The van der Waals surface area contributed by atoms with Crippen LogP contribution in [0, 0.1) is 0 Å². The van der Waals surface area contributed by atoms with Crippen LogP contribution in [0.4, 0.5) is 5.69 Å². The molecule has 0 aliphatic heterocycles. The fraction of sp³-hybridized carbons (Fsp3) is 0.429. The van der Waals surface area contributed by atoms with E-state index in [2.05, 4.69) is 6.92 Å². The topological polar surface area (TPSA) is 57.6 Å². The molecule has 0 aliphatic rings. The van der Waals surface area contributed by atoms with Gasteiger partial charge >= 0.3 is 5.97 Å². The molecular formula is C14H19NO3. The number of carboxylic acids is 1. The van der Waals surface area contributed by atoms with E-state index in [4.69, 9.17) is 5.11 Å². The van der Waals surface area contributed by atoms with Crippen molar-refractivity contribution in [2.75, 3.05) is 11.9 Å². The number of aromatic carboxylic acids is 1. The van der Waals surface area contributed by atoms with Crippen LogP contribution < -0.4 is 4.90 Å². The van der Waals surface area contributed by atoms with Crippen molar-refractivity contribution in [3.63, 3.8) is 0 Å². The molecule has 1 rings (SSSR count). The molecule has 0 saturated carbocycles. The maximum absolute atomic E-state index is 11.8. The third-order valence-corrected chi connectivity index (χ3v) is 2.87. The smallest absolute Gasteiger partial charge is 0.335 e. The quantitative estimate of drug-likeness (QED) is 0.788. The zero-order valence-corrected chi connectivity index (χ0v) is 10.8. The molecule has 1 amide bonds. The summed E-state index contributed by atoms with van der Waals surface area (Å²) >= 11 is 0. The van der Waals surface area contributed by atoms with Crippen LogP contribution in [0.15, 0.2) is 24.3 Å². The Morgan fingerprint density at radius 2 is 1.78 bits per heavy atom. The molecule has 0 aromatic heterocycles. The van der Waals surface area contributed by atoms with Crippen LogP contribution in [-0.4, -0.2) is 24.0 Å². The summed E-state index contributed by atoms with van der Waals surface area (Å²) in [6, 6.07) is 6.32. The highest BCUT2D eigenvalue weighted by Crippen LogP contribution is 2.15. The van der Waals surface area contributed by atoms with Crippen molar-refractivity contribution in [2.45, 2.75) is 32.6 Å². The van der Waals surface area contributed by atoms with Gasteiger partial charge in [-0.25, -0.2) is 4.79 Å². The van der Waals surface area contributed by atoms with Crippen LogP contribution >= 0.6 is 0 Å². The van der Waals surface area contributed by atoms with E-state index in [0.29, 0.717) is 6.42 Å². The van der Waals surface area contributed by atoms with Crippen molar-refractivity contribution in [3.8, 4) is 0 Å². The Morgan fingerprint density at radius 3 is 2.28 bits per heavy atom. The van der Waals surface area contributed by atoms with Crippen molar-refractivity contribution in [1.29, 1.82) is 0 Å². The lowest BCUT2D eigenvalue weighted by molar-refractivity contribution is -0.118. The molecule has 0 bridgehead atoms. The predicted octanol–water partition coefficient (Wildman–Crippen LogP) is 2.93. The molecule has 18 heavy (non-hydrogen) atoms. The third kappa shape index (κ3) is 3.87. The predicted molar refractivity (Wildman–Crippen MR) is 71.0 cm³/mol.